The maximum Gasteiger partial charge on any atom is 0.134 e. The Balaban J connectivity index is 3.52. The second-order valence-corrected chi connectivity index (χ2v) is 5.21. The first kappa shape index (κ1) is 16.0. The van der Waals surface area contributed by atoms with Gasteiger partial charge in [-0.3, -0.25) is 9.68 Å². The average Bonchev–Trinajstić information content (AvgIpc) is 2.30. The van der Waals surface area contributed by atoms with Gasteiger partial charge in [-0.15, -0.1) is 0 Å². The van der Waals surface area contributed by atoms with Gasteiger partial charge in [-0.2, -0.15) is 0 Å². The van der Waals surface area contributed by atoms with E-state index < -0.39 is 0 Å². The van der Waals surface area contributed by atoms with Gasteiger partial charge in [0, 0.05) is 13.2 Å². The van der Waals surface area contributed by atoms with Crippen LogP contribution < -0.4 is 0 Å². The molecule has 0 aliphatic rings. The summed E-state index contributed by atoms with van der Waals surface area (Å²) in [5.74, 6) is 0.0635. The fourth-order valence-corrected chi connectivity index (χ4v) is 3.05. The van der Waals surface area contributed by atoms with Crippen molar-refractivity contribution in [1.82, 2.24) is 5.23 Å². The van der Waals surface area contributed by atoms with Crippen LogP contribution in [0.2, 0.25) is 6.04 Å². The van der Waals surface area contributed by atoms with Crippen molar-refractivity contribution in [2.45, 2.75) is 32.2 Å². The Labute approximate surface area is 101 Å². The smallest absolute Gasteiger partial charge is 0.134 e. The molecule has 0 aromatic carbocycles. The van der Waals surface area contributed by atoms with E-state index in [4.69, 9.17) is 19.1 Å². The summed E-state index contributed by atoms with van der Waals surface area (Å²) < 4.78 is 11.0. The molecule has 0 fully saturated rings. The highest BCUT2D eigenvalue weighted by molar-refractivity contribution is 6.36. The predicted octanol–water partition coefficient (Wildman–Crippen LogP) is 0.745. The highest BCUT2D eigenvalue weighted by Crippen LogP contribution is 2.01. The minimum absolute atomic E-state index is 0.0635. The standard InChI is InChI=1S/C10H25NO4Si/c1-5-14-10(15-6-2)16-9-7-8-11(12-3)13-4/h10H,5-9,16H2,1-4H3. The highest BCUT2D eigenvalue weighted by atomic mass is 28.2. The Morgan fingerprint density at radius 1 is 1.06 bits per heavy atom. The molecule has 0 rings (SSSR count). The normalized spacial score (nSPS) is 12.4. The third kappa shape index (κ3) is 8.20. The highest BCUT2D eigenvalue weighted by Gasteiger charge is 2.08. The Kier molecular flexibility index (Phi) is 11.5. The lowest BCUT2D eigenvalue weighted by atomic mass is 10.5. The van der Waals surface area contributed by atoms with E-state index in [1.54, 1.807) is 14.2 Å². The molecule has 5 nitrogen and oxygen atoms in total. The van der Waals surface area contributed by atoms with Crippen LogP contribution in [0.15, 0.2) is 0 Å². The van der Waals surface area contributed by atoms with E-state index in [0.717, 1.165) is 32.2 Å². The van der Waals surface area contributed by atoms with Crippen LogP contribution in [0.4, 0.5) is 0 Å². The van der Waals surface area contributed by atoms with Crippen LogP contribution in [0.5, 0.6) is 0 Å². The molecule has 0 saturated heterocycles. The first-order valence-electron chi connectivity index (χ1n) is 5.87. The number of hydrogen-bond acceptors (Lipinski definition) is 5. The van der Waals surface area contributed by atoms with Crippen LogP contribution in [-0.4, -0.2) is 54.6 Å². The molecule has 16 heavy (non-hydrogen) atoms. The van der Waals surface area contributed by atoms with Crippen molar-refractivity contribution in [2.24, 2.45) is 0 Å². The van der Waals surface area contributed by atoms with E-state index in [0.29, 0.717) is 0 Å². The minimum Gasteiger partial charge on any atom is -0.357 e. The third-order valence-electron chi connectivity index (χ3n) is 2.14. The Morgan fingerprint density at radius 3 is 2.06 bits per heavy atom. The molecule has 0 aliphatic carbocycles. The molecule has 6 heteroatoms. The van der Waals surface area contributed by atoms with Gasteiger partial charge in [0.05, 0.1) is 30.3 Å². The quantitative estimate of drug-likeness (QED) is 0.234. The molecular weight excluding hydrogens is 226 g/mol. The summed E-state index contributed by atoms with van der Waals surface area (Å²) in [7, 11) is 2.87. The van der Waals surface area contributed by atoms with Crippen molar-refractivity contribution < 1.29 is 19.1 Å². The summed E-state index contributed by atoms with van der Waals surface area (Å²) in [5.41, 5.74) is 0. The van der Waals surface area contributed by atoms with Crippen molar-refractivity contribution >= 4 is 9.52 Å². The summed E-state index contributed by atoms with van der Waals surface area (Å²) in [6, 6.07) is 1.16. The van der Waals surface area contributed by atoms with Gasteiger partial charge < -0.3 is 9.47 Å². The zero-order chi connectivity index (χ0) is 12.2. The maximum absolute atomic E-state index is 5.51. The van der Waals surface area contributed by atoms with E-state index in [1.807, 2.05) is 13.8 Å². The van der Waals surface area contributed by atoms with E-state index in [2.05, 4.69) is 0 Å². The van der Waals surface area contributed by atoms with E-state index in [-0.39, 0.29) is 15.4 Å². The summed E-state index contributed by atoms with van der Waals surface area (Å²) >= 11 is 0. The summed E-state index contributed by atoms with van der Waals surface area (Å²) in [5, 5.41) is 1.48. The summed E-state index contributed by atoms with van der Waals surface area (Å²) in [6.45, 7) is 6.22. The van der Waals surface area contributed by atoms with Crippen LogP contribution in [0, 0.1) is 0 Å². The van der Waals surface area contributed by atoms with Crippen LogP contribution in [0.3, 0.4) is 0 Å². The molecule has 0 unspecified atom stereocenters. The predicted molar refractivity (Wildman–Crippen MR) is 65.7 cm³/mol. The molecule has 0 radical (unpaired) electrons. The van der Waals surface area contributed by atoms with Crippen LogP contribution >= 0.6 is 0 Å². The van der Waals surface area contributed by atoms with Gasteiger partial charge >= 0.3 is 0 Å². The van der Waals surface area contributed by atoms with Gasteiger partial charge in [0.2, 0.25) is 0 Å². The molecule has 0 N–H and O–H groups in total. The zero-order valence-electron chi connectivity index (χ0n) is 10.9. The van der Waals surface area contributed by atoms with E-state index in [1.165, 1.54) is 5.23 Å². The van der Waals surface area contributed by atoms with Gasteiger partial charge in [0.25, 0.3) is 0 Å². The van der Waals surface area contributed by atoms with Crippen LogP contribution in [-0.2, 0) is 19.1 Å². The molecule has 0 spiro atoms. The van der Waals surface area contributed by atoms with E-state index in [9.17, 15) is 0 Å². The first-order valence-corrected chi connectivity index (χ1v) is 7.69. The summed E-state index contributed by atoms with van der Waals surface area (Å²) in [6.07, 6.45) is 1.05. The monoisotopic (exact) mass is 251 g/mol. The number of rotatable bonds is 11. The van der Waals surface area contributed by atoms with Gasteiger partial charge in [0.15, 0.2) is 0 Å². The largest absolute Gasteiger partial charge is 0.357 e. The van der Waals surface area contributed by atoms with Crippen molar-refractivity contribution in [3.63, 3.8) is 0 Å². The lowest BCUT2D eigenvalue weighted by molar-refractivity contribution is -0.342. The third-order valence-corrected chi connectivity index (χ3v) is 3.99. The molecule has 0 atom stereocenters. The molecule has 0 aliphatic heterocycles. The molecule has 0 aromatic heterocycles. The Bertz CT molecular complexity index is 141. The Hall–Kier alpha value is 0.0169. The number of nitrogens with zero attached hydrogens (tertiary/aromatic N) is 1. The molecule has 0 saturated carbocycles. The van der Waals surface area contributed by atoms with Crippen molar-refractivity contribution in [3.05, 3.63) is 0 Å². The average molecular weight is 251 g/mol. The zero-order valence-corrected chi connectivity index (χ0v) is 12.3. The maximum atomic E-state index is 5.51. The van der Waals surface area contributed by atoms with Crippen molar-refractivity contribution in [1.29, 1.82) is 0 Å². The van der Waals surface area contributed by atoms with Gasteiger partial charge in [-0.1, -0.05) is 11.3 Å². The molecular formula is C10H25NO4Si. The second-order valence-electron chi connectivity index (χ2n) is 3.26. The van der Waals surface area contributed by atoms with E-state index >= 15 is 0 Å². The number of hydroxylamine groups is 2. The lowest BCUT2D eigenvalue weighted by Crippen LogP contribution is -2.26. The molecule has 0 heterocycles. The minimum atomic E-state index is -0.337. The fraction of sp³-hybridized carbons (Fsp3) is 1.00. The number of hydrogen-bond donors (Lipinski definition) is 0. The molecule has 98 valence electrons. The number of ether oxygens (including phenoxy) is 2. The van der Waals surface area contributed by atoms with Crippen molar-refractivity contribution in [2.75, 3.05) is 34.0 Å². The second kappa shape index (κ2) is 11.5. The molecule has 0 aromatic rings. The first-order chi connectivity index (χ1) is 7.78. The Morgan fingerprint density at radius 2 is 1.62 bits per heavy atom. The molecule has 0 bridgehead atoms. The topological polar surface area (TPSA) is 40.2 Å². The van der Waals surface area contributed by atoms with Gasteiger partial charge in [0.1, 0.15) is 5.91 Å². The summed E-state index contributed by atoms with van der Waals surface area (Å²) in [4.78, 5) is 9.93. The lowest BCUT2D eigenvalue weighted by Gasteiger charge is -2.18. The van der Waals surface area contributed by atoms with Crippen molar-refractivity contribution in [3.8, 4) is 0 Å². The van der Waals surface area contributed by atoms with Crippen LogP contribution in [0.1, 0.15) is 20.3 Å². The molecule has 0 amide bonds. The fourth-order valence-electron chi connectivity index (χ4n) is 1.40. The van der Waals surface area contributed by atoms with Gasteiger partial charge in [-0.25, -0.2) is 0 Å². The SMILES string of the molecule is CCOC(OCC)[SiH2]CCCN(OC)OC. The van der Waals surface area contributed by atoms with Crippen LogP contribution in [0.25, 0.3) is 0 Å². The van der Waals surface area contributed by atoms with Gasteiger partial charge in [-0.05, 0) is 20.3 Å².